The third kappa shape index (κ3) is 2.41. The van der Waals surface area contributed by atoms with Crippen LogP contribution in [0.4, 0.5) is 10.2 Å². The molecule has 0 unspecified atom stereocenters. The van der Waals surface area contributed by atoms with Crippen LogP contribution in [-0.4, -0.2) is 9.78 Å². The van der Waals surface area contributed by atoms with Gasteiger partial charge in [-0.1, -0.05) is 0 Å². The second-order valence-corrected chi connectivity index (χ2v) is 4.66. The van der Waals surface area contributed by atoms with Gasteiger partial charge in [-0.15, -0.1) is 11.3 Å². The molecule has 2 aromatic rings. The molecule has 1 N–H and O–H groups in total. The molecule has 0 aromatic carbocycles. The van der Waals surface area contributed by atoms with Gasteiger partial charge in [0.25, 0.3) is 0 Å². The summed E-state index contributed by atoms with van der Waals surface area (Å²) in [5, 5.41) is 7.40. The first-order chi connectivity index (χ1) is 7.69. The molecule has 0 bridgehead atoms. The van der Waals surface area contributed by atoms with Gasteiger partial charge in [0, 0.05) is 23.2 Å². The summed E-state index contributed by atoms with van der Waals surface area (Å²) >= 11 is 1.16. The first-order valence-electron chi connectivity index (χ1n) is 5.21. The second kappa shape index (κ2) is 4.65. The number of hydrogen-bond donors (Lipinski definition) is 1. The van der Waals surface area contributed by atoms with Crippen molar-refractivity contribution in [1.82, 2.24) is 9.78 Å². The van der Waals surface area contributed by atoms with Crippen LogP contribution in [0, 0.1) is 12.1 Å². The lowest BCUT2D eigenvalue weighted by atomic mass is 10.4. The van der Waals surface area contributed by atoms with Crippen LogP contribution in [-0.2, 0) is 13.1 Å². The van der Waals surface area contributed by atoms with E-state index in [4.69, 9.17) is 0 Å². The third-order valence-electron chi connectivity index (χ3n) is 2.35. The van der Waals surface area contributed by atoms with Crippen molar-refractivity contribution in [3.05, 3.63) is 33.9 Å². The number of rotatable bonds is 4. The van der Waals surface area contributed by atoms with Gasteiger partial charge in [0.1, 0.15) is 5.82 Å². The first-order valence-corrected chi connectivity index (χ1v) is 6.03. The molecular weight excluding hydrogens is 225 g/mol. The van der Waals surface area contributed by atoms with E-state index in [0.717, 1.165) is 34.3 Å². The lowest BCUT2D eigenvalue weighted by molar-refractivity contribution is 0.641. The zero-order valence-electron chi connectivity index (χ0n) is 9.33. The molecule has 0 aliphatic carbocycles. The van der Waals surface area contributed by atoms with Crippen LogP contribution in [0.15, 0.2) is 18.2 Å². The molecule has 0 aliphatic rings. The van der Waals surface area contributed by atoms with E-state index in [1.807, 2.05) is 17.7 Å². The van der Waals surface area contributed by atoms with Gasteiger partial charge in [0.15, 0.2) is 5.13 Å². The van der Waals surface area contributed by atoms with Gasteiger partial charge < -0.3 is 5.32 Å². The molecule has 0 saturated carbocycles. The Labute approximate surface area is 97.9 Å². The highest BCUT2D eigenvalue weighted by molar-refractivity contribution is 7.10. The molecule has 2 rings (SSSR count). The zero-order valence-corrected chi connectivity index (χ0v) is 10.1. The average molecular weight is 239 g/mol. The van der Waals surface area contributed by atoms with E-state index in [-0.39, 0.29) is 5.13 Å². The molecule has 0 saturated heterocycles. The monoisotopic (exact) mass is 239 g/mol. The Kier molecular flexibility index (Phi) is 3.24. The van der Waals surface area contributed by atoms with Crippen LogP contribution in [0.3, 0.4) is 0 Å². The number of thiophene rings is 1. The molecule has 86 valence electrons. The highest BCUT2D eigenvalue weighted by atomic mass is 32.1. The fraction of sp³-hybridized carbons (Fsp3) is 0.364. The summed E-state index contributed by atoms with van der Waals surface area (Å²) in [7, 11) is 0. The molecular formula is C11H14FN3S. The summed E-state index contributed by atoms with van der Waals surface area (Å²) in [5.74, 6) is 0.841. The minimum atomic E-state index is -0.146. The van der Waals surface area contributed by atoms with Crippen molar-refractivity contribution in [1.29, 1.82) is 0 Å². The lowest BCUT2D eigenvalue weighted by Crippen LogP contribution is -2.01. The molecule has 2 aromatic heterocycles. The Bertz CT molecular complexity index is 475. The van der Waals surface area contributed by atoms with Gasteiger partial charge in [0.05, 0.1) is 6.54 Å². The van der Waals surface area contributed by atoms with E-state index >= 15 is 0 Å². The smallest absolute Gasteiger partial charge is 0.176 e. The van der Waals surface area contributed by atoms with Crippen LogP contribution in [0.2, 0.25) is 0 Å². The summed E-state index contributed by atoms with van der Waals surface area (Å²) < 4.78 is 14.7. The van der Waals surface area contributed by atoms with Gasteiger partial charge in [0.2, 0.25) is 0 Å². The highest BCUT2D eigenvalue weighted by Gasteiger charge is 2.03. The molecule has 3 nitrogen and oxygen atoms in total. The van der Waals surface area contributed by atoms with Gasteiger partial charge in [-0.2, -0.15) is 9.49 Å². The number of aromatic nitrogens is 2. The van der Waals surface area contributed by atoms with Crippen LogP contribution < -0.4 is 5.32 Å². The number of aryl methyl sites for hydroxylation is 2. The summed E-state index contributed by atoms with van der Waals surface area (Å²) in [4.78, 5) is 0.973. The molecule has 0 radical (unpaired) electrons. The van der Waals surface area contributed by atoms with Crippen LogP contribution in [0.5, 0.6) is 0 Å². The molecule has 0 amide bonds. The fourth-order valence-electron chi connectivity index (χ4n) is 1.54. The second-order valence-electron chi connectivity index (χ2n) is 3.55. The molecule has 2 heterocycles. The molecule has 0 aliphatic heterocycles. The number of anilines is 1. The van der Waals surface area contributed by atoms with Crippen molar-refractivity contribution in [2.24, 2.45) is 0 Å². The zero-order chi connectivity index (χ0) is 11.5. The Morgan fingerprint density at radius 3 is 2.88 bits per heavy atom. The maximum absolute atomic E-state index is 12.7. The Morgan fingerprint density at radius 1 is 1.50 bits per heavy atom. The van der Waals surface area contributed by atoms with E-state index in [9.17, 15) is 4.39 Å². The maximum atomic E-state index is 12.7. The Hall–Kier alpha value is -1.36. The first kappa shape index (κ1) is 11.1. The van der Waals surface area contributed by atoms with E-state index in [1.54, 1.807) is 6.07 Å². The van der Waals surface area contributed by atoms with E-state index in [2.05, 4.69) is 17.3 Å². The van der Waals surface area contributed by atoms with Crippen molar-refractivity contribution in [2.45, 2.75) is 26.9 Å². The number of nitrogens with zero attached hydrogens (tertiary/aromatic N) is 2. The van der Waals surface area contributed by atoms with Crippen LogP contribution in [0.1, 0.15) is 17.5 Å². The van der Waals surface area contributed by atoms with Gasteiger partial charge in [-0.3, -0.25) is 4.68 Å². The van der Waals surface area contributed by atoms with Gasteiger partial charge in [-0.05, 0) is 26.0 Å². The summed E-state index contributed by atoms with van der Waals surface area (Å²) in [6, 6.07) is 5.27. The molecule has 0 spiro atoms. The molecule has 5 heteroatoms. The summed E-state index contributed by atoms with van der Waals surface area (Å²) in [6.07, 6.45) is 0. The predicted octanol–water partition coefficient (Wildman–Crippen LogP) is 3.02. The molecule has 0 atom stereocenters. The number of halogens is 1. The minimum absolute atomic E-state index is 0.146. The molecule has 16 heavy (non-hydrogen) atoms. The average Bonchev–Trinajstić information content (AvgIpc) is 2.82. The largest absolute Gasteiger partial charge is 0.364 e. The number of hydrogen-bond acceptors (Lipinski definition) is 3. The SMILES string of the molecule is CCn1nc(NCc2ccc(F)s2)cc1C. The predicted molar refractivity (Wildman–Crippen MR) is 64.2 cm³/mol. The Morgan fingerprint density at radius 2 is 2.31 bits per heavy atom. The van der Waals surface area contributed by atoms with Crippen LogP contribution in [0.25, 0.3) is 0 Å². The van der Waals surface area contributed by atoms with Crippen molar-refractivity contribution < 1.29 is 4.39 Å². The van der Waals surface area contributed by atoms with Crippen LogP contribution >= 0.6 is 11.3 Å². The highest BCUT2D eigenvalue weighted by Crippen LogP contribution is 2.16. The van der Waals surface area contributed by atoms with Crippen molar-refractivity contribution in [3.63, 3.8) is 0 Å². The molecule has 0 fully saturated rings. The third-order valence-corrected chi connectivity index (χ3v) is 3.23. The van der Waals surface area contributed by atoms with E-state index in [0.29, 0.717) is 6.54 Å². The number of nitrogens with one attached hydrogen (secondary N) is 1. The normalized spacial score (nSPS) is 10.7. The van der Waals surface area contributed by atoms with Gasteiger partial charge in [-0.25, -0.2) is 0 Å². The summed E-state index contributed by atoms with van der Waals surface area (Å²) in [5.41, 5.74) is 1.13. The van der Waals surface area contributed by atoms with E-state index in [1.165, 1.54) is 6.07 Å². The lowest BCUT2D eigenvalue weighted by Gasteiger charge is -1.99. The maximum Gasteiger partial charge on any atom is 0.176 e. The van der Waals surface area contributed by atoms with Crippen molar-refractivity contribution in [2.75, 3.05) is 5.32 Å². The van der Waals surface area contributed by atoms with Crippen molar-refractivity contribution >= 4 is 17.2 Å². The van der Waals surface area contributed by atoms with Gasteiger partial charge >= 0.3 is 0 Å². The minimum Gasteiger partial charge on any atom is -0.364 e. The van der Waals surface area contributed by atoms with Crippen molar-refractivity contribution in [3.8, 4) is 0 Å². The summed E-state index contributed by atoms with van der Waals surface area (Å²) in [6.45, 7) is 5.56. The fourth-order valence-corrected chi connectivity index (χ4v) is 2.21. The Balaban J connectivity index is 1.99. The quantitative estimate of drug-likeness (QED) is 0.888. The van der Waals surface area contributed by atoms with E-state index < -0.39 is 0 Å². The standard InChI is InChI=1S/C11H14FN3S/c1-3-15-8(2)6-11(14-15)13-7-9-4-5-10(12)16-9/h4-6H,3,7H2,1-2H3,(H,13,14). The topological polar surface area (TPSA) is 29.9 Å².